The van der Waals surface area contributed by atoms with Crippen LogP contribution in [0, 0.1) is 3.70 Å². The van der Waals surface area contributed by atoms with Crippen molar-refractivity contribution in [3.8, 4) is 0 Å². The van der Waals surface area contributed by atoms with Crippen LogP contribution in [0.5, 0.6) is 0 Å². The van der Waals surface area contributed by atoms with Crippen molar-refractivity contribution >= 4 is 56.1 Å². The Morgan fingerprint density at radius 3 is 2.81 bits per heavy atom. The molecular weight excluding hydrogens is 513 g/mol. The van der Waals surface area contributed by atoms with Gasteiger partial charge in [0.2, 0.25) is 0 Å². The Kier molecular flexibility index (Phi) is 5.47. The van der Waals surface area contributed by atoms with E-state index in [1.165, 1.54) is 0 Å². The maximum absolute atomic E-state index is 12.9. The van der Waals surface area contributed by atoms with Gasteiger partial charge in [0.1, 0.15) is 15.1 Å². The van der Waals surface area contributed by atoms with Gasteiger partial charge in [-0.25, -0.2) is 9.78 Å². The minimum Gasteiger partial charge on any atom is -0.443 e. The van der Waals surface area contributed by atoms with E-state index in [0.717, 1.165) is 13.7 Å². The van der Waals surface area contributed by atoms with Gasteiger partial charge in [-0.1, -0.05) is 6.07 Å². The first kappa shape index (κ1) is 19.0. The molecule has 9 heteroatoms. The average Bonchev–Trinajstić information content (AvgIpc) is 2.92. The molecule has 0 N–H and O–H groups in total. The van der Waals surface area contributed by atoms with Gasteiger partial charge in [-0.05, 0) is 70.9 Å². The Labute approximate surface area is 173 Å². The van der Waals surface area contributed by atoms with Gasteiger partial charge in [0.05, 0.1) is 17.2 Å². The van der Waals surface area contributed by atoms with Gasteiger partial charge in [-0.2, -0.15) is 9.61 Å². The van der Waals surface area contributed by atoms with Crippen molar-refractivity contribution in [2.24, 2.45) is 0 Å². The van der Waals surface area contributed by atoms with E-state index in [9.17, 15) is 4.79 Å². The summed E-state index contributed by atoms with van der Waals surface area (Å²) >= 11 is 5.56. The molecule has 0 radical (unpaired) electrons. The lowest BCUT2D eigenvalue weighted by Gasteiger charge is -2.27. The highest BCUT2D eigenvalue weighted by Crippen LogP contribution is 2.26. The predicted octanol–water partition coefficient (Wildman–Crippen LogP) is 4.43. The van der Waals surface area contributed by atoms with Crippen molar-refractivity contribution < 1.29 is 9.53 Å². The SMILES string of the molecule is CC(C)(C)OC(=O)N(Cc1cccnc1)c1cc(I)nc2c(Br)cnn12. The molecule has 1 amide bonds. The number of amides is 1. The van der Waals surface area contributed by atoms with Crippen LogP contribution in [0.3, 0.4) is 0 Å². The smallest absolute Gasteiger partial charge is 0.416 e. The van der Waals surface area contributed by atoms with E-state index >= 15 is 0 Å². The van der Waals surface area contributed by atoms with Crippen LogP contribution in [0.2, 0.25) is 0 Å². The normalized spacial score (nSPS) is 11.6. The lowest BCUT2D eigenvalue weighted by molar-refractivity contribution is 0.0575. The molecule has 3 heterocycles. The zero-order valence-electron chi connectivity index (χ0n) is 14.5. The Morgan fingerprint density at radius 2 is 2.15 bits per heavy atom. The van der Waals surface area contributed by atoms with E-state index < -0.39 is 11.7 Å². The third-order valence-electron chi connectivity index (χ3n) is 3.33. The van der Waals surface area contributed by atoms with Crippen LogP contribution in [-0.4, -0.2) is 31.3 Å². The molecule has 0 aromatic carbocycles. The number of carbonyl (C=O) groups is 1. The first-order valence-electron chi connectivity index (χ1n) is 7.84. The molecule has 136 valence electrons. The molecule has 0 bridgehead atoms. The monoisotopic (exact) mass is 529 g/mol. The zero-order chi connectivity index (χ0) is 18.9. The first-order valence-corrected chi connectivity index (χ1v) is 9.71. The summed E-state index contributed by atoms with van der Waals surface area (Å²) in [7, 11) is 0. The third-order valence-corrected chi connectivity index (χ3v) is 4.44. The summed E-state index contributed by atoms with van der Waals surface area (Å²) in [6.45, 7) is 5.81. The van der Waals surface area contributed by atoms with Crippen LogP contribution in [0.1, 0.15) is 26.3 Å². The minimum absolute atomic E-state index is 0.301. The molecular formula is C17H17BrIN5O2. The van der Waals surface area contributed by atoms with Crippen LogP contribution < -0.4 is 4.90 Å². The molecule has 0 saturated heterocycles. The van der Waals surface area contributed by atoms with Crippen molar-refractivity contribution in [3.05, 3.63) is 50.5 Å². The van der Waals surface area contributed by atoms with Crippen molar-refractivity contribution in [1.29, 1.82) is 0 Å². The fraction of sp³-hybridized carbons (Fsp3) is 0.294. The Balaban J connectivity index is 2.10. The van der Waals surface area contributed by atoms with Crippen molar-refractivity contribution in [1.82, 2.24) is 19.6 Å². The van der Waals surface area contributed by atoms with E-state index in [-0.39, 0.29) is 0 Å². The number of anilines is 1. The van der Waals surface area contributed by atoms with Crippen molar-refractivity contribution in [2.45, 2.75) is 32.9 Å². The molecule has 0 saturated carbocycles. The van der Waals surface area contributed by atoms with Gasteiger partial charge < -0.3 is 4.74 Å². The summed E-state index contributed by atoms with van der Waals surface area (Å²) in [6, 6.07) is 5.54. The van der Waals surface area contributed by atoms with Gasteiger partial charge in [0, 0.05) is 18.5 Å². The second-order valence-corrected chi connectivity index (χ2v) is 8.55. The molecule has 0 atom stereocenters. The fourth-order valence-electron chi connectivity index (χ4n) is 2.31. The van der Waals surface area contributed by atoms with Crippen LogP contribution >= 0.6 is 38.5 Å². The first-order chi connectivity index (χ1) is 12.2. The highest BCUT2D eigenvalue weighted by atomic mass is 127. The number of nitrogens with zero attached hydrogens (tertiary/aromatic N) is 5. The Bertz CT molecular complexity index is 939. The molecule has 3 aromatic rings. The summed E-state index contributed by atoms with van der Waals surface area (Å²) in [5.41, 5.74) is 0.894. The van der Waals surface area contributed by atoms with Gasteiger partial charge >= 0.3 is 6.09 Å². The molecule has 3 aromatic heterocycles. The highest BCUT2D eigenvalue weighted by molar-refractivity contribution is 14.1. The molecule has 0 spiro atoms. The maximum atomic E-state index is 12.9. The number of hydrogen-bond donors (Lipinski definition) is 0. The predicted molar refractivity (Wildman–Crippen MR) is 110 cm³/mol. The highest BCUT2D eigenvalue weighted by Gasteiger charge is 2.26. The zero-order valence-corrected chi connectivity index (χ0v) is 18.2. The van der Waals surface area contributed by atoms with Crippen LogP contribution in [0.25, 0.3) is 5.65 Å². The minimum atomic E-state index is -0.617. The summed E-state index contributed by atoms with van der Waals surface area (Å²) in [5, 5.41) is 4.34. The summed E-state index contributed by atoms with van der Waals surface area (Å²) in [4.78, 5) is 23.1. The summed E-state index contributed by atoms with van der Waals surface area (Å²) in [6.07, 6.45) is 4.61. The second kappa shape index (κ2) is 7.47. The van der Waals surface area contributed by atoms with Crippen LogP contribution in [0.15, 0.2) is 41.3 Å². The number of ether oxygens (including phenoxy) is 1. The number of aromatic nitrogens is 4. The van der Waals surface area contributed by atoms with Crippen molar-refractivity contribution in [3.63, 3.8) is 0 Å². The third kappa shape index (κ3) is 4.32. The van der Waals surface area contributed by atoms with Crippen LogP contribution in [0.4, 0.5) is 10.6 Å². The number of halogens is 2. The topological polar surface area (TPSA) is 72.6 Å². The number of hydrogen-bond acceptors (Lipinski definition) is 5. The fourth-order valence-corrected chi connectivity index (χ4v) is 3.17. The molecule has 0 aliphatic heterocycles. The number of rotatable bonds is 3. The Morgan fingerprint density at radius 1 is 1.38 bits per heavy atom. The van der Waals surface area contributed by atoms with Gasteiger partial charge in [0.15, 0.2) is 5.65 Å². The van der Waals surface area contributed by atoms with E-state index in [4.69, 9.17) is 4.74 Å². The standard InChI is InChI=1S/C17H17BrIN5O2/c1-17(2,3)26-16(25)23(10-11-5-4-6-20-8-11)14-7-13(19)22-15-12(18)9-21-24(14)15/h4-9H,10H2,1-3H3. The number of pyridine rings is 1. The van der Waals surface area contributed by atoms with E-state index in [2.05, 4.69) is 53.6 Å². The van der Waals surface area contributed by atoms with Gasteiger partial charge in [-0.15, -0.1) is 0 Å². The maximum Gasteiger partial charge on any atom is 0.416 e. The molecule has 0 unspecified atom stereocenters. The van der Waals surface area contributed by atoms with E-state index in [1.54, 1.807) is 34.1 Å². The lowest BCUT2D eigenvalue weighted by Crippen LogP contribution is -2.37. The number of fused-ring (bicyclic) bond motifs is 1. The largest absolute Gasteiger partial charge is 0.443 e. The molecule has 3 rings (SSSR count). The van der Waals surface area contributed by atoms with Gasteiger partial charge in [-0.3, -0.25) is 9.88 Å². The number of carbonyl (C=O) groups excluding carboxylic acids is 1. The molecule has 0 aliphatic carbocycles. The quantitative estimate of drug-likeness (QED) is 0.370. The molecule has 7 nitrogen and oxygen atoms in total. The van der Waals surface area contributed by atoms with Crippen LogP contribution in [-0.2, 0) is 11.3 Å². The average molecular weight is 530 g/mol. The van der Waals surface area contributed by atoms with Gasteiger partial charge in [0.25, 0.3) is 0 Å². The molecule has 0 aliphatic rings. The van der Waals surface area contributed by atoms with E-state index in [0.29, 0.717) is 18.0 Å². The van der Waals surface area contributed by atoms with Crippen molar-refractivity contribution in [2.75, 3.05) is 4.90 Å². The lowest BCUT2D eigenvalue weighted by atomic mass is 10.2. The summed E-state index contributed by atoms with van der Waals surface area (Å²) in [5.74, 6) is 0.572. The second-order valence-electron chi connectivity index (χ2n) is 6.59. The van der Waals surface area contributed by atoms with E-state index in [1.807, 2.05) is 32.9 Å². The Hall–Kier alpha value is -1.75. The summed E-state index contributed by atoms with van der Waals surface area (Å²) < 4.78 is 8.72. The molecule has 0 fully saturated rings. The molecule has 26 heavy (non-hydrogen) atoms.